The van der Waals surface area contributed by atoms with Crippen molar-refractivity contribution in [2.75, 3.05) is 11.9 Å². The molecule has 0 bridgehead atoms. The number of benzene rings is 2. The Morgan fingerprint density at radius 1 is 1.13 bits per heavy atom. The Bertz CT molecular complexity index is 772. The molecule has 0 N–H and O–H groups in total. The molecule has 4 heteroatoms. The molecule has 0 fully saturated rings. The third-order valence-electron chi connectivity index (χ3n) is 4.64. The lowest BCUT2D eigenvalue weighted by Crippen LogP contribution is -2.36. The average Bonchev–Trinajstić information content (AvgIpc) is 2.77. The van der Waals surface area contributed by atoms with Gasteiger partial charge < -0.3 is 4.90 Å². The van der Waals surface area contributed by atoms with Gasteiger partial charge in [0.25, 0.3) is 0 Å². The molecule has 0 spiro atoms. The molecule has 1 aliphatic rings. The van der Waals surface area contributed by atoms with E-state index in [0.717, 1.165) is 15.7 Å². The van der Waals surface area contributed by atoms with Crippen LogP contribution in [0.25, 0.3) is 0 Å². The normalized spacial score (nSPS) is 19.8. The first kappa shape index (κ1) is 15.9. The Hall–Kier alpha value is -1.94. The molecule has 23 heavy (non-hydrogen) atoms. The number of carbonyl (C=O) groups is 2. The van der Waals surface area contributed by atoms with E-state index in [-0.39, 0.29) is 11.7 Å². The van der Waals surface area contributed by atoms with E-state index in [1.807, 2.05) is 55.5 Å². The molecule has 2 aromatic rings. The molecular weight excluding hydrogens is 354 g/mol. The van der Waals surface area contributed by atoms with E-state index >= 15 is 0 Å². The van der Waals surface area contributed by atoms with Crippen molar-refractivity contribution in [2.45, 2.75) is 25.2 Å². The third kappa shape index (κ3) is 2.61. The number of Topliss-reactive ketones (excluding diaryl/α,β-unsaturated/α-hetero) is 1. The summed E-state index contributed by atoms with van der Waals surface area (Å²) in [5.74, 6) is 0.117. The van der Waals surface area contributed by atoms with Gasteiger partial charge in [0.15, 0.2) is 5.78 Å². The quantitative estimate of drug-likeness (QED) is 0.749. The zero-order valence-corrected chi connectivity index (χ0v) is 14.8. The highest BCUT2D eigenvalue weighted by Crippen LogP contribution is 2.47. The molecule has 0 saturated carbocycles. The second-order valence-electron chi connectivity index (χ2n) is 6.12. The summed E-state index contributed by atoms with van der Waals surface area (Å²) in [7, 11) is 1.79. The molecule has 1 unspecified atom stereocenters. The minimum Gasteiger partial charge on any atom is -0.313 e. The van der Waals surface area contributed by atoms with Gasteiger partial charge >= 0.3 is 0 Å². The number of likely N-dealkylation sites (N-methyl/N-ethyl adjacent to an activating group) is 1. The number of hydrogen-bond acceptors (Lipinski definition) is 2. The van der Waals surface area contributed by atoms with Gasteiger partial charge in [-0.1, -0.05) is 42.5 Å². The Labute approximate surface area is 144 Å². The lowest BCUT2D eigenvalue weighted by Gasteiger charge is -2.22. The SMILES string of the molecule is CN1C(=O)C(C)(CCC(=O)c2ccccc2)c2cccc(Br)c21. The summed E-state index contributed by atoms with van der Waals surface area (Å²) in [6.45, 7) is 1.93. The summed E-state index contributed by atoms with van der Waals surface area (Å²) in [5, 5.41) is 0. The van der Waals surface area contributed by atoms with Crippen molar-refractivity contribution in [3.63, 3.8) is 0 Å². The summed E-state index contributed by atoms with van der Waals surface area (Å²) in [6.07, 6.45) is 0.861. The number of nitrogens with zero attached hydrogens (tertiary/aromatic N) is 1. The highest BCUT2D eigenvalue weighted by molar-refractivity contribution is 9.10. The van der Waals surface area contributed by atoms with Crippen LogP contribution in [0.5, 0.6) is 0 Å². The van der Waals surface area contributed by atoms with E-state index in [0.29, 0.717) is 18.4 Å². The zero-order chi connectivity index (χ0) is 16.6. The topological polar surface area (TPSA) is 37.4 Å². The molecule has 1 heterocycles. The standard InChI is InChI=1S/C19H18BrNO2/c1-19(12-11-16(22)13-7-4-3-5-8-13)14-9-6-10-15(20)17(14)21(2)18(19)23/h3-10H,11-12H2,1-2H3. The molecule has 0 radical (unpaired) electrons. The number of amides is 1. The Kier molecular flexibility index (Phi) is 4.11. The van der Waals surface area contributed by atoms with Gasteiger partial charge in [0.05, 0.1) is 11.1 Å². The predicted octanol–water partition coefficient (Wildman–Crippen LogP) is 4.35. The predicted molar refractivity (Wildman–Crippen MR) is 94.9 cm³/mol. The van der Waals surface area contributed by atoms with Gasteiger partial charge in [-0.3, -0.25) is 9.59 Å². The van der Waals surface area contributed by atoms with Gasteiger partial charge in [0.1, 0.15) is 0 Å². The monoisotopic (exact) mass is 371 g/mol. The second kappa shape index (κ2) is 5.93. The Morgan fingerprint density at radius 3 is 2.52 bits per heavy atom. The zero-order valence-electron chi connectivity index (χ0n) is 13.2. The molecule has 0 aromatic heterocycles. The van der Waals surface area contributed by atoms with Crippen molar-refractivity contribution in [1.82, 2.24) is 0 Å². The minimum atomic E-state index is -0.654. The fourth-order valence-electron chi connectivity index (χ4n) is 3.26. The highest BCUT2D eigenvalue weighted by Gasteiger charge is 2.46. The maximum atomic E-state index is 12.8. The van der Waals surface area contributed by atoms with Crippen LogP contribution in [0, 0.1) is 0 Å². The first-order valence-electron chi connectivity index (χ1n) is 7.60. The number of halogens is 1. The fourth-order valence-corrected chi connectivity index (χ4v) is 3.89. The lowest BCUT2D eigenvalue weighted by atomic mass is 9.79. The van der Waals surface area contributed by atoms with E-state index in [9.17, 15) is 9.59 Å². The number of anilines is 1. The van der Waals surface area contributed by atoms with Crippen LogP contribution in [-0.2, 0) is 10.2 Å². The number of ketones is 1. The van der Waals surface area contributed by atoms with Crippen molar-refractivity contribution >= 4 is 33.3 Å². The third-order valence-corrected chi connectivity index (χ3v) is 5.28. The number of rotatable bonds is 4. The van der Waals surface area contributed by atoms with Crippen LogP contribution in [0.3, 0.4) is 0 Å². The first-order chi connectivity index (χ1) is 10.9. The summed E-state index contributed by atoms with van der Waals surface area (Å²) < 4.78 is 0.906. The number of fused-ring (bicyclic) bond motifs is 1. The number of hydrogen-bond donors (Lipinski definition) is 0. The van der Waals surface area contributed by atoms with E-state index in [2.05, 4.69) is 15.9 Å². The molecule has 1 amide bonds. The van der Waals surface area contributed by atoms with Crippen LogP contribution in [0.15, 0.2) is 53.0 Å². The largest absolute Gasteiger partial charge is 0.313 e. The van der Waals surface area contributed by atoms with Gasteiger partial charge in [-0.15, -0.1) is 0 Å². The van der Waals surface area contributed by atoms with E-state index < -0.39 is 5.41 Å². The van der Waals surface area contributed by atoms with Gasteiger partial charge in [0.2, 0.25) is 5.91 Å². The number of carbonyl (C=O) groups excluding carboxylic acids is 2. The molecule has 1 atom stereocenters. The smallest absolute Gasteiger partial charge is 0.237 e. The number of para-hydroxylation sites is 1. The average molecular weight is 372 g/mol. The molecule has 0 aliphatic carbocycles. The molecule has 3 nitrogen and oxygen atoms in total. The van der Waals surface area contributed by atoms with Crippen LogP contribution in [0.1, 0.15) is 35.7 Å². The maximum absolute atomic E-state index is 12.8. The minimum absolute atomic E-state index is 0.0419. The van der Waals surface area contributed by atoms with Crippen molar-refractivity contribution in [1.29, 1.82) is 0 Å². The molecule has 2 aromatic carbocycles. The van der Waals surface area contributed by atoms with Crippen LogP contribution in [-0.4, -0.2) is 18.7 Å². The lowest BCUT2D eigenvalue weighted by molar-refractivity contribution is -0.122. The molecule has 3 rings (SSSR count). The fraction of sp³-hybridized carbons (Fsp3) is 0.263. The van der Waals surface area contributed by atoms with Crippen molar-refractivity contribution < 1.29 is 9.59 Å². The van der Waals surface area contributed by atoms with Crippen LogP contribution in [0.4, 0.5) is 5.69 Å². The summed E-state index contributed by atoms with van der Waals surface area (Å²) in [5.41, 5.74) is 1.94. The Balaban J connectivity index is 1.87. The van der Waals surface area contributed by atoms with Crippen LogP contribution >= 0.6 is 15.9 Å². The van der Waals surface area contributed by atoms with Gasteiger partial charge in [0, 0.05) is 23.5 Å². The van der Waals surface area contributed by atoms with Gasteiger partial charge in [-0.2, -0.15) is 0 Å². The van der Waals surface area contributed by atoms with Gasteiger partial charge in [-0.05, 0) is 40.9 Å². The second-order valence-corrected chi connectivity index (χ2v) is 6.98. The van der Waals surface area contributed by atoms with E-state index in [4.69, 9.17) is 0 Å². The summed E-state index contributed by atoms with van der Waals surface area (Å²) in [6, 6.07) is 15.1. The first-order valence-corrected chi connectivity index (χ1v) is 8.40. The van der Waals surface area contributed by atoms with Crippen molar-refractivity contribution in [3.05, 3.63) is 64.1 Å². The van der Waals surface area contributed by atoms with Crippen LogP contribution < -0.4 is 4.90 Å². The van der Waals surface area contributed by atoms with Crippen LogP contribution in [0.2, 0.25) is 0 Å². The molecule has 0 saturated heterocycles. The van der Waals surface area contributed by atoms with Gasteiger partial charge in [-0.25, -0.2) is 0 Å². The van der Waals surface area contributed by atoms with Crippen molar-refractivity contribution in [3.8, 4) is 0 Å². The molecule has 1 aliphatic heterocycles. The molecular formula is C19H18BrNO2. The van der Waals surface area contributed by atoms with Crippen molar-refractivity contribution in [2.24, 2.45) is 0 Å². The highest BCUT2D eigenvalue weighted by atomic mass is 79.9. The maximum Gasteiger partial charge on any atom is 0.237 e. The Morgan fingerprint density at radius 2 is 1.83 bits per heavy atom. The molecule has 118 valence electrons. The summed E-state index contributed by atoms with van der Waals surface area (Å²) >= 11 is 3.52. The van der Waals surface area contributed by atoms with E-state index in [1.165, 1.54) is 0 Å². The van der Waals surface area contributed by atoms with E-state index in [1.54, 1.807) is 11.9 Å². The summed E-state index contributed by atoms with van der Waals surface area (Å²) in [4.78, 5) is 26.8.